The zero-order valence-electron chi connectivity index (χ0n) is 8.46. The molecule has 0 aromatic heterocycles. The van der Waals surface area contributed by atoms with Crippen LogP contribution in [0.5, 0.6) is 0 Å². The van der Waals surface area contributed by atoms with Gasteiger partial charge in [-0.1, -0.05) is 0 Å². The van der Waals surface area contributed by atoms with E-state index in [1.54, 1.807) is 0 Å². The van der Waals surface area contributed by atoms with Gasteiger partial charge in [-0.3, -0.25) is 4.79 Å². The molecule has 16 heavy (non-hydrogen) atoms. The Kier molecular flexibility index (Phi) is 6.23. The van der Waals surface area contributed by atoms with Crippen LogP contribution >= 0.6 is 0 Å². The van der Waals surface area contributed by atoms with Crippen LogP contribution in [-0.4, -0.2) is 46.8 Å². The average Bonchev–Trinajstić information content (AvgIpc) is 2.24. The number of aliphatic hydroxyl groups is 1. The molecule has 8 nitrogen and oxygen atoms in total. The summed E-state index contributed by atoms with van der Waals surface area (Å²) in [5.41, 5.74) is 10.3. The predicted molar refractivity (Wildman–Crippen MR) is 51.0 cm³/mol. The third-order valence-electron chi connectivity index (χ3n) is 1.67. The maximum Gasteiger partial charge on any atom is 0.332 e. The van der Waals surface area contributed by atoms with Gasteiger partial charge in [-0.05, 0) is 6.42 Å². The van der Waals surface area contributed by atoms with Crippen LogP contribution in [0, 0.1) is 0 Å². The Morgan fingerprint density at radius 1 is 1.12 bits per heavy atom. The topological polar surface area (TPSA) is 153 Å². The molecule has 92 valence electrons. The quantitative estimate of drug-likeness (QED) is 0.292. The zero-order valence-corrected chi connectivity index (χ0v) is 8.46. The highest BCUT2D eigenvalue weighted by molar-refractivity contribution is 5.90. The van der Waals surface area contributed by atoms with E-state index in [2.05, 4.69) is 4.74 Å². The molecule has 0 aliphatic rings. The van der Waals surface area contributed by atoms with Crippen LogP contribution in [-0.2, 0) is 19.1 Å². The van der Waals surface area contributed by atoms with Crippen molar-refractivity contribution >= 4 is 17.9 Å². The number of esters is 2. The Morgan fingerprint density at radius 3 is 2.06 bits per heavy atom. The van der Waals surface area contributed by atoms with E-state index in [0.717, 1.165) is 0 Å². The number of aliphatic carboxylic acids is 1. The van der Waals surface area contributed by atoms with Crippen LogP contribution in [0.4, 0.5) is 0 Å². The SMILES string of the molecule is N[C@@H](CO)C(=O)OC(=O)[C@@H](N)CCC(=O)O. The summed E-state index contributed by atoms with van der Waals surface area (Å²) < 4.78 is 4.22. The number of carboxylic acids is 1. The number of rotatable bonds is 6. The van der Waals surface area contributed by atoms with Crippen molar-refractivity contribution in [2.24, 2.45) is 11.5 Å². The molecular formula is C8H14N2O6. The van der Waals surface area contributed by atoms with Gasteiger partial charge in [0.05, 0.1) is 6.61 Å². The number of hydrogen-bond donors (Lipinski definition) is 4. The second kappa shape index (κ2) is 6.88. The second-order valence-corrected chi connectivity index (χ2v) is 3.07. The Balaban J connectivity index is 4.05. The van der Waals surface area contributed by atoms with Crippen LogP contribution < -0.4 is 11.5 Å². The smallest absolute Gasteiger partial charge is 0.332 e. The number of carbonyl (C=O) groups is 3. The molecule has 0 aromatic rings. The van der Waals surface area contributed by atoms with E-state index in [0.29, 0.717) is 0 Å². The molecule has 0 aliphatic carbocycles. The minimum absolute atomic E-state index is 0.143. The van der Waals surface area contributed by atoms with Gasteiger partial charge in [0, 0.05) is 6.42 Å². The summed E-state index contributed by atoms with van der Waals surface area (Å²) in [6, 6.07) is -2.51. The molecule has 0 saturated heterocycles. The molecule has 0 amide bonds. The van der Waals surface area contributed by atoms with Gasteiger partial charge >= 0.3 is 17.9 Å². The molecule has 0 saturated carbocycles. The minimum atomic E-state index is -1.31. The highest BCUT2D eigenvalue weighted by Gasteiger charge is 2.22. The molecule has 0 fully saturated rings. The summed E-state index contributed by atoms with van der Waals surface area (Å²) in [4.78, 5) is 32.2. The Morgan fingerprint density at radius 2 is 1.62 bits per heavy atom. The van der Waals surface area contributed by atoms with Crippen LogP contribution in [0.1, 0.15) is 12.8 Å². The van der Waals surface area contributed by atoms with E-state index >= 15 is 0 Å². The molecule has 0 spiro atoms. The monoisotopic (exact) mass is 234 g/mol. The number of nitrogens with two attached hydrogens (primary N) is 2. The number of hydrogen-bond acceptors (Lipinski definition) is 7. The lowest BCUT2D eigenvalue weighted by Gasteiger charge is -2.11. The molecule has 0 bridgehead atoms. The number of carbonyl (C=O) groups excluding carboxylic acids is 2. The van der Waals surface area contributed by atoms with E-state index in [-0.39, 0.29) is 12.8 Å². The summed E-state index contributed by atoms with van der Waals surface area (Å²) in [5.74, 6) is -3.27. The molecule has 0 rings (SSSR count). The Labute approximate surface area is 91.2 Å². The van der Waals surface area contributed by atoms with Gasteiger partial charge in [0.15, 0.2) is 0 Å². The molecule has 6 N–H and O–H groups in total. The fraction of sp³-hybridized carbons (Fsp3) is 0.625. The van der Waals surface area contributed by atoms with Crippen LogP contribution in [0.15, 0.2) is 0 Å². The van der Waals surface area contributed by atoms with Gasteiger partial charge in [0.25, 0.3) is 0 Å². The molecule has 8 heteroatoms. The molecule has 0 unspecified atom stereocenters. The highest BCUT2D eigenvalue weighted by atomic mass is 16.6. The summed E-state index contributed by atoms with van der Waals surface area (Å²) in [6.45, 7) is -0.656. The van der Waals surface area contributed by atoms with E-state index in [1.165, 1.54) is 0 Å². The molecule has 2 atom stereocenters. The van der Waals surface area contributed by atoms with Crippen molar-refractivity contribution in [3.05, 3.63) is 0 Å². The summed E-state index contributed by atoms with van der Waals surface area (Å²) in [7, 11) is 0. The normalized spacial score (nSPS) is 13.9. The fourth-order valence-electron chi connectivity index (χ4n) is 0.722. The van der Waals surface area contributed by atoms with E-state index in [4.69, 9.17) is 21.7 Å². The largest absolute Gasteiger partial charge is 0.481 e. The number of aliphatic hydroxyl groups excluding tert-OH is 1. The standard InChI is InChI=1S/C8H14N2O6/c9-4(1-2-6(12)13)7(14)16-8(15)5(10)3-11/h4-5,11H,1-3,9-10H2,(H,12,13)/t4-,5-/m0/s1. The lowest BCUT2D eigenvalue weighted by Crippen LogP contribution is -2.41. The van der Waals surface area contributed by atoms with Crippen LogP contribution in [0.2, 0.25) is 0 Å². The van der Waals surface area contributed by atoms with Crippen LogP contribution in [0.3, 0.4) is 0 Å². The van der Waals surface area contributed by atoms with Gasteiger partial charge < -0.3 is 26.4 Å². The van der Waals surface area contributed by atoms with E-state index < -0.39 is 36.6 Å². The van der Waals surface area contributed by atoms with E-state index in [1.807, 2.05) is 0 Å². The van der Waals surface area contributed by atoms with Crippen molar-refractivity contribution in [2.75, 3.05) is 6.61 Å². The molecule has 0 aromatic carbocycles. The Bertz CT molecular complexity index is 280. The zero-order chi connectivity index (χ0) is 12.7. The van der Waals surface area contributed by atoms with Gasteiger partial charge in [0.2, 0.25) is 0 Å². The summed E-state index contributed by atoms with van der Waals surface area (Å²) >= 11 is 0. The minimum Gasteiger partial charge on any atom is -0.481 e. The lowest BCUT2D eigenvalue weighted by molar-refractivity contribution is -0.162. The third kappa shape index (κ3) is 5.39. The maximum atomic E-state index is 11.1. The lowest BCUT2D eigenvalue weighted by atomic mass is 10.2. The number of carboxylic acid groups (broad SMARTS) is 1. The van der Waals surface area contributed by atoms with Gasteiger partial charge in [-0.25, -0.2) is 9.59 Å². The first-order valence-corrected chi connectivity index (χ1v) is 4.47. The first kappa shape index (κ1) is 14.5. The van der Waals surface area contributed by atoms with Crippen molar-refractivity contribution in [2.45, 2.75) is 24.9 Å². The Hall–Kier alpha value is -1.51. The van der Waals surface area contributed by atoms with Gasteiger partial charge in [0.1, 0.15) is 12.1 Å². The maximum absolute atomic E-state index is 11.1. The highest BCUT2D eigenvalue weighted by Crippen LogP contribution is 1.98. The van der Waals surface area contributed by atoms with Crippen molar-refractivity contribution in [3.8, 4) is 0 Å². The second-order valence-electron chi connectivity index (χ2n) is 3.07. The first-order chi connectivity index (χ1) is 7.38. The molecular weight excluding hydrogens is 220 g/mol. The van der Waals surface area contributed by atoms with Crippen LogP contribution in [0.25, 0.3) is 0 Å². The fourth-order valence-corrected chi connectivity index (χ4v) is 0.722. The predicted octanol–water partition coefficient (Wildman–Crippen LogP) is -2.43. The molecule has 0 aliphatic heterocycles. The summed E-state index contributed by atoms with van der Waals surface area (Å²) in [5, 5.41) is 16.8. The van der Waals surface area contributed by atoms with Crippen molar-refractivity contribution in [3.63, 3.8) is 0 Å². The van der Waals surface area contributed by atoms with Crippen molar-refractivity contribution in [1.82, 2.24) is 0 Å². The van der Waals surface area contributed by atoms with E-state index in [9.17, 15) is 14.4 Å². The number of ether oxygens (including phenoxy) is 1. The van der Waals surface area contributed by atoms with Crippen molar-refractivity contribution < 1.29 is 29.3 Å². The van der Waals surface area contributed by atoms with Gasteiger partial charge in [-0.2, -0.15) is 0 Å². The molecule has 0 heterocycles. The first-order valence-electron chi connectivity index (χ1n) is 4.47. The molecule has 0 radical (unpaired) electrons. The summed E-state index contributed by atoms with van der Waals surface area (Å²) in [6.07, 6.45) is -0.452. The third-order valence-corrected chi connectivity index (χ3v) is 1.67. The average molecular weight is 234 g/mol. The van der Waals surface area contributed by atoms with Gasteiger partial charge in [-0.15, -0.1) is 0 Å². The van der Waals surface area contributed by atoms with Crippen molar-refractivity contribution in [1.29, 1.82) is 0 Å².